The van der Waals surface area contributed by atoms with E-state index >= 15 is 0 Å². The molecule has 0 saturated heterocycles. The quantitative estimate of drug-likeness (QED) is 0.536. The standard InChI is InChI=1S/C21H18ClNO2/c22-15-20(24)23-19-14-8-7-13-18(19)21(25,16-9-3-1-4-10-16)17-11-5-2-6-12-17/h1-14,25H,15H2,(H,23,24). The Morgan fingerprint density at radius 2 is 1.32 bits per heavy atom. The predicted octanol–water partition coefficient (Wildman–Crippen LogP) is 4.15. The van der Waals surface area contributed by atoms with Gasteiger partial charge in [-0.15, -0.1) is 11.6 Å². The Kier molecular flexibility index (Phi) is 5.17. The molecule has 2 N–H and O–H groups in total. The molecule has 0 radical (unpaired) electrons. The van der Waals surface area contributed by atoms with Crippen LogP contribution >= 0.6 is 11.6 Å². The van der Waals surface area contributed by atoms with Crippen molar-refractivity contribution in [3.8, 4) is 0 Å². The van der Waals surface area contributed by atoms with Crippen LogP contribution in [0.5, 0.6) is 0 Å². The second-order valence-corrected chi connectivity index (χ2v) is 5.94. The van der Waals surface area contributed by atoms with Crippen LogP contribution in [0.1, 0.15) is 16.7 Å². The molecule has 1 amide bonds. The molecule has 3 aromatic rings. The number of anilines is 1. The number of aliphatic hydroxyl groups is 1. The van der Waals surface area contributed by atoms with E-state index in [-0.39, 0.29) is 11.8 Å². The fourth-order valence-corrected chi connectivity index (χ4v) is 2.99. The molecule has 0 unspecified atom stereocenters. The average Bonchev–Trinajstić information content (AvgIpc) is 2.69. The molecule has 126 valence electrons. The number of nitrogens with one attached hydrogen (secondary N) is 1. The van der Waals surface area contributed by atoms with Gasteiger partial charge in [0, 0.05) is 11.3 Å². The third-order valence-electron chi connectivity index (χ3n) is 4.10. The molecule has 0 aliphatic carbocycles. The van der Waals surface area contributed by atoms with Gasteiger partial charge < -0.3 is 10.4 Å². The number of rotatable bonds is 5. The molecule has 0 saturated carbocycles. The summed E-state index contributed by atoms with van der Waals surface area (Å²) in [5, 5.41) is 14.6. The van der Waals surface area contributed by atoms with Crippen molar-refractivity contribution in [2.24, 2.45) is 0 Å². The molecular formula is C21H18ClNO2. The van der Waals surface area contributed by atoms with E-state index in [2.05, 4.69) is 5.32 Å². The van der Waals surface area contributed by atoms with Gasteiger partial charge in [0.15, 0.2) is 0 Å². The van der Waals surface area contributed by atoms with Crippen LogP contribution in [-0.4, -0.2) is 16.9 Å². The Bertz CT molecular complexity index is 811. The summed E-state index contributed by atoms with van der Waals surface area (Å²) >= 11 is 5.63. The van der Waals surface area contributed by atoms with E-state index in [9.17, 15) is 9.90 Å². The fourth-order valence-electron chi connectivity index (χ4n) is 2.93. The average molecular weight is 352 g/mol. The Morgan fingerprint density at radius 1 is 0.840 bits per heavy atom. The van der Waals surface area contributed by atoms with E-state index < -0.39 is 5.60 Å². The molecule has 0 aliphatic heterocycles. The highest BCUT2D eigenvalue weighted by Crippen LogP contribution is 2.40. The SMILES string of the molecule is O=C(CCl)Nc1ccccc1C(O)(c1ccccc1)c1ccccc1. The summed E-state index contributed by atoms with van der Waals surface area (Å²) in [5.74, 6) is -0.471. The van der Waals surface area contributed by atoms with Gasteiger partial charge in [-0.25, -0.2) is 0 Å². The first-order valence-electron chi connectivity index (χ1n) is 7.95. The number of carbonyl (C=O) groups is 1. The molecule has 25 heavy (non-hydrogen) atoms. The van der Waals surface area contributed by atoms with Gasteiger partial charge in [0.1, 0.15) is 11.5 Å². The van der Waals surface area contributed by atoms with E-state index in [1.54, 1.807) is 6.07 Å². The van der Waals surface area contributed by atoms with Crippen LogP contribution in [-0.2, 0) is 10.4 Å². The second-order valence-electron chi connectivity index (χ2n) is 5.67. The highest BCUT2D eigenvalue weighted by molar-refractivity contribution is 6.29. The fraction of sp³-hybridized carbons (Fsp3) is 0.0952. The molecule has 0 aromatic heterocycles. The van der Waals surface area contributed by atoms with Gasteiger partial charge in [-0.05, 0) is 17.2 Å². The van der Waals surface area contributed by atoms with Gasteiger partial charge in [-0.3, -0.25) is 4.79 Å². The number of carbonyl (C=O) groups excluding carboxylic acids is 1. The van der Waals surface area contributed by atoms with Crippen LogP contribution < -0.4 is 5.32 Å². The van der Waals surface area contributed by atoms with E-state index in [1.165, 1.54) is 0 Å². The molecule has 0 heterocycles. The van der Waals surface area contributed by atoms with Gasteiger partial charge in [0.25, 0.3) is 0 Å². The minimum atomic E-state index is -1.40. The number of benzene rings is 3. The Labute approximate surface area is 151 Å². The highest BCUT2D eigenvalue weighted by atomic mass is 35.5. The first-order valence-corrected chi connectivity index (χ1v) is 8.48. The molecule has 4 heteroatoms. The number of alkyl halides is 1. The number of hydrogen-bond acceptors (Lipinski definition) is 2. The van der Waals surface area contributed by atoms with Gasteiger partial charge in [-0.2, -0.15) is 0 Å². The van der Waals surface area contributed by atoms with Crippen LogP contribution in [0.25, 0.3) is 0 Å². The minimum absolute atomic E-state index is 0.149. The summed E-state index contributed by atoms with van der Waals surface area (Å²) in [5.41, 5.74) is 1.15. The summed E-state index contributed by atoms with van der Waals surface area (Å²) < 4.78 is 0. The molecule has 0 fully saturated rings. The van der Waals surface area contributed by atoms with E-state index in [4.69, 9.17) is 11.6 Å². The maximum absolute atomic E-state index is 11.8. The van der Waals surface area contributed by atoms with Gasteiger partial charge in [0.2, 0.25) is 5.91 Å². The van der Waals surface area contributed by atoms with Crippen molar-refractivity contribution < 1.29 is 9.90 Å². The molecular weight excluding hydrogens is 334 g/mol. The van der Waals surface area contributed by atoms with Crippen LogP contribution in [0.3, 0.4) is 0 Å². The van der Waals surface area contributed by atoms with E-state index in [0.29, 0.717) is 22.4 Å². The third kappa shape index (κ3) is 3.43. The number of halogens is 1. The zero-order chi connectivity index (χ0) is 17.7. The maximum Gasteiger partial charge on any atom is 0.239 e. The molecule has 3 nitrogen and oxygen atoms in total. The number of hydrogen-bond donors (Lipinski definition) is 2. The normalized spacial score (nSPS) is 11.1. The van der Waals surface area contributed by atoms with E-state index in [0.717, 1.165) is 0 Å². The first-order chi connectivity index (χ1) is 12.2. The zero-order valence-electron chi connectivity index (χ0n) is 13.5. The third-order valence-corrected chi connectivity index (χ3v) is 4.34. The van der Waals surface area contributed by atoms with Gasteiger partial charge in [-0.1, -0.05) is 78.9 Å². The lowest BCUT2D eigenvalue weighted by Gasteiger charge is -2.32. The van der Waals surface area contributed by atoms with Gasteiger partial charge in [0.05, 0.1) is 0 Å². The van der Waals surface area contributed by atoms with Crippen molar-refractivity contribution >= 4 is 23.2 Å². The summed E-state index contributed by atoms with van der Waals surface area (Å²) in [6.07, 6.45) is 0. The Hall–Kier alpha value is -2.62. The highest BCUT2D eigenvalue weighted by Gasteiger charge is 2.35. The maximum atomic E-state index is 11.8. The zero-order valence-corrected chi connectivity index (χ0v) is 14.3. The minimum Gasteiger partial charge on any atom is -0.376 e. The lowest BCUT2D eigenvalue weighted by atomic mass is 9.79. The van der Waals surface area contributed by atoms with Crippen molar-refractivity contribution in [1.82, 2.24) is 0 Å². The van der Waals surface area contributed by atoms with E-state index in [1.807, 2.05) is 78.9 Å². The molecule has 0 bridgehead atoms. The second kappa shape index (κ2) is 7.51. The van der Waals surface area contributed by atoms with Crippen LogP contribution in [0.4, 0.5) is 5.69 Å². The van der Waals surface area contributed by atoms with Crippen LogP contribution in [0.2, 0.25) is 0 Å². The van der Waals surface area contributed by atoms with Gasteiger partial charge >= 0.3 is 0 Å². The molecule has 0 atom stereocenters. The van der Waals surface area contributed by atoms with Crippen molar-refractivity contribution in [2.45, 2.75) is 5.60 Å². The number of para-hydroxylation sites is 1. The molecule has 0 spiro atoms. The van der Waals surface area contributed by atoms with Crippen molar-refractivity contribution in [1.29, 1.82) is 0 Å². The van der Waals surface area contributed by atoms with Crippen LogP contribution in [0.15, 0.2) is 84.9 Å². The molecule has 3 rings (SSSR count). The topological polar surface area (TPSA) is 49.3 Å². The summed E-state index contributed by atoms with van der Waals surface area (Å²) in [6, 6.07) is 26.0. The number of amides is 1. The first kappa shape index (κ1) is 17.2. The van der Waals surface area contributed by atoms with Crippen molar-refractivity contribution in [3.63, 3.8) is 0 Å². The smallest absolute Gasteiger partial charge is 0.239 e. The Morgan fingerprint density at radius 3 is 1.84 bits per heavy atom. The monoisotopic (exact) mass is 351 g/mol. The lowest BCUT2D eigenvalue weighted by Crippen LogP contribution is -2.30. The summed E-state index contributed by atoms with van der Waals surface area (Å²) in [7, 11) is 0. The summed E-state index contributed by atoms with van der Waals surface area (Å²) in [4.78, 5) is 11.8. The lowest BCUT2D eigenvalue weighted by molar-refractivity contribution is -0.113. The van der Waals surface area contributed by atoms with Crippen LogP contribution in [0, 0.1) is 0 Å². The predicted molar refractivity (Wildman–Crippen MR) is 101 cm³/mol. The van der Waals surface area contributed by atoms with Crippen molar-refractivity contribution in [2.75, 3.05) is 11.2 Å². The molecule has 3 aromatic carbocycles. The molecule has 0 aliphatic rings. The largest absolute Gasteiger partial charge is 0.376 e. The Balaban J connectivity index is 2.22. The summed E-state index contributed by atoms with van der Waals surface area (Å²) in [6.45, 7) is 0. The van der Waals surface area contributed by atoms with Crippen molar-refractivity contribution in [3.05, 3.63) is 102 Å².